The maximum absolute atomic E-state index is 11.8. The highest BCUT2D eigenvalue weighted by molar-refractivity contribution is 7.85. The highest BCUT2D eigenvalue weighted by atomic mass is 32.2. The number of hydrogen-bond donors (Lipinski definition) is 0. The van der Waals surface area contributed by atoms with Gasteiger partial charge >= 0.3 is 0 Å². The quantitative estimate of drug-likeness (QED) is 0.298. The molecule has 0 aromatic carbocycles. The Morgan fingerprint density at radius 3 is 2.67 bits per heavy atom. The van der Waals surface area contributed by atoms with Crippen LogP contribution in [0.4, 0.5) is 0 Å². The van der Waals surface area contributed by atoms with Crippen LogP contribution in [-0.4, -0.2) is 21.8 Å². The number of azide groups is 1. The zero-order valence-electron chi connectivity index (χ0n) is 9.10. The molecule has 0 amide bonds. The predicted molar refractivity (Wildman–Crippen MR) is 63.1 cm³/mol. The number of nitrogens with zero attached hydrogens (tertiary/aromatic N) is 3. The third-order valence-corrected chi connectivity index (χ3v) is 4.75. The fourth-order valence-corrected chi connectivity index (χ4v) is 3.65. The smallest absolute Gasteiger partial charge is 0.0348 e. The van der Waals surface area contributed by atoms with Crippen molar-refractivity contribution in [1.29, 1.82) is 0 Å². The molecule has 0 aromatic rings. The number of rotatable bonds is 6. The van der Waals surface area contributed by atoms with E-state index in [1.165, 1.54) is 19.3 Å². The summed E-state index contributed by atoms with van der Waals surface area (Å²) in [5.74, 6) is 0.783. The molecule has 1 aliphatic carbocycles. The van der Waals surface area contributed by atoms with Crippen LogP contribution in [0.2, 0.25) is 0 Å². The van der Waals surface area contributed by atoms with E-state index in [9.17, 15) is 4.21 Å². The zero-order chi connectivity index (χ0) is 10.9. The minimum absolute atomic E-state index is 0.443. The van der Waals surface area contributed by atoms with E-state index in [1.54, 1.807) is 0 Å². The Hall–Kier alpha value is -0.540. The molecule has 0 bridgehead atoms. The van der Waals surface area contributed by atoms with E-state index in [4.69, 9.17) is 5.53 Å². The lowest BCUT2D eigenvalue weighted by molar-refractivity contribution is 0.504. The molecule has 86 valence electrons. The molecule has 0 heterocycles. The summed E-state index contributed by atoms with van der Waals surface area (Å²) in [7, 11) is -0.647. The number of hydrogen-bond acceptors (Lipinski definition) is 2. The fourth-order valence-electron chi connectivity index (χ4n) is 1.97. The molecule has 1 fully saturated rings. The van der Waals surface area contributed by atoms with Crippen molar-refractivity contribution in [3.8, 4) is 0 Å². The zero-order valence-corrected chi connectivity index (χ0v) is 9.92. The van der Waals surface area contributed by atoms with Gasteiger partial charge in [0.15, 0.2) is 0 Å². The first-order valence-corrected chi connectivity index (χ1v) is 7.11. The van der Waals surface area contributed by atoms with Crippen LogP contribution in [-0.2, 0) is 10.8 Å². The summed E-state index contributed by atoms with van der Waals surface area (Å²) >= 11 is 0. The van der Waals surface area contributed by atoms with Gasteiger partial charge in [0.25, 0.3) is 0 Å². The average molecular weight is 229 g/mol. The topological polar surface area (TPSA) is 65.8 Å². The van der Waals surface area contributed by atoms with Crippen LogP contribution in [0.15, 0.2) is 5.11 Å². The second-order valence-electron chi connectivity index (χ2n) is 4.01. The Morgan fingerprint density at radius 2 is 2.00 bits per heavy atom. The molecule has 1 atom stereocenters. The van der Waals surface area contributed by atoms with Crippen LogP contribution < -0.4 is 0 Å². The van der Waals surface area contributed by atoms with Gasteiger partial charge in [-0.1, -0.05) is 24.4 Å². The third kappa shape index (κ3) is 5.19. The van der Waals surface area contributed by atoms with E-state index < -0.39 is 10.8 Å². The van der Waals surface area contributed by atoms with Crippen molar-refractivity contribution in [2.45, 2.75) is 50.2 Å². The molecule has 5 heteroatoms. The Morgan fingerprint density at radius 1 is 1.27 bits per heavy atom. The predicted octanol–water partition coefficient (Wildman–Crippen LogP) is 3.16. The van der Waals surface area contributed by atoms with Gasteiger partial charge in [0, 0.05) is 33.3 Å². The maximum atomic E-state index is 11.8. The first kappa shape index (κ1) is 12.5. The minimum Gasteiger partial charge on any atom is -0.259 e. The molecular weight excluding hydrogens is 210 g/mol. The van der Waals surface area contributed by atoms with Gasteiger partial charge in [-0.2, -0.15) is 0 Å². The highest BCUT2D eigenvalue weighted by Crippen LogP contribution is 2.22. The van der Waals surface area contributed by atoms with Crippen molar-refractivity contribution in [1.82, 2.24) is 0 Å². The molecule has 0 aromatic heterocycles. The molecule has 0 N–H and O–H groups in total. The minimum atomic E-state index is -0.647. The molecule has 1 saturated carbocycles. The Bertz CT molecular complexity index is 245. The van der Waals surface area contributed by atoms with Crippen molar-refractivity contribution in [3.63, 3.8) is 0 Å². The van der Waals surface area contributed by atoms with Gasteiger partial charge in [-0.25, -0.2) is 0 Å². The lowest BCUT2D eigenvalue weighted by atomic mass is 10.0. The number of unbranched alkanes of at least 4 members (excludes halogenated alkanes) is 1. The van der Waals surface area contributed by atoms with Crippen LogP contribution in [0.3, 0.4) is 0 Å². The Balaban J connectivity index is 2.09. The molecule has 0 unspecified atom stereocenters. The van der Waals surface area contributed by atoms with Gasteiger partial charge in [-0.3, -0.25) is 4.21 Å². The molecule has 0 saturated heterocycles. The lowest BCUT2D eigenvalue weighted by Gasteiger charge is -2.20. The first-order chi connectivity index (χ1) is 7.34. The summed E-state index contributed by atoms with van der Waals surface area (Å²) < 4.78 is 11.8. The molecule has 0 spiro atoms. The standard InChI is InChI=1S/C10H19N3OS/c11-13-12-8-4-5-9-15(14)10-6-2-1-3-7-10/h10H,1-9H2/t15-/m1/s1. The summed E-state index contributed by atoms with van der Waals surface area (Å²) in [4.78, 5) is 2.69. The normalized spacial score (nSPS) is 19.5. The van der Waals surface area contributed by atoms with Crippen molar-refractivity contribution in [3.05, 3.63) is 10.4 Å². The Labute approximate surface area is 93.5 Å². The summed E-state index contributed by atoms with van der Waals surface area (Å²) in [6.45, 7) is 0.540. The highest BCUT2D eigenvalue weighted by Gasteiger charge is 2.18. The van der Waals surface area contributed by atoms with E-state index in [1.807, 2.05) is 0 Å². The van der Waals surface area contributed by atoms with Gasteiger partial charge in [0.2, 0.25) is 0 Å². The van der Waals surface area contributed by atoms with Crippen LogP contribution >= 0.6 is 0 Å². The summed E-state index contributed by atoms with van der Waals surface area (Å²) in [6.07, 6.45) is 7.87. The second-order valence-corrected chi connectivity index (χ2v) is 5.84. The maximum Gasteiger partial charge on any atom is 0.0348 e. The molecule has 4 nitrogen and oxygen atoms in total. The van der Waals surface area contributed by atoms with Crippen LogP contribution in [0, 0.1) is 0 Å². The molecule has 0 radical (unpaired) electrons. The van der Waals surface area contributed by atoms with Crippen molar-refractivity contribution in [2.75, 3.05) is 12.3 Å². The second kappa shape index (κ2) is 7.71. The van der Waals surface area contributed by atoms with Gasteiger partial charge in [-0.05, 0) is 31.2 Å². The third-order valence-electron chi connectivity index (χ3n) is 2.84. The SMILES string of the molecule is [N-]=[N+]=NCCCC[S@@](=O)C1CCCCC1. The fraction of sp³-hybridized carbons (Fsp3) is 1.00. The van der Waals surface area contributed by atoms with Crippen molar-refractivity contribution in [2.24, 2.45) is 5.11 Å². The van der Waals surface area contributed by atoms with Crippen LogP contribution in [0.1, 0.15) is 44.9 Å². The average Bonchev–Trinajstić information content (AvgIpc) is 2.30. The van der Waals surface area contributed by atoms with E-state index in [2.05, 4.69) is 10.0 Å². The van der Waals surface area contributed by atoms with Crippen molar-refractivity contribution < 1.29 is 4.21 Å². The summed E-state index contributed by atoms with van der Waals surface area (Å²) in [6, 6.07) is 0. The van der Waals surface area contributed by atoms with E-state index in [0.29, 0.717) is 11.8 Å². The summed E-state index contributed by atoms with van der Waals surface area (Å²) in [5, 5.41) is 3.91. The molecule has 15 heavy (non-hydrogen) atoms. The lowest BCUT2D eigenvalue weighted by Crippen LogP contribution is -2.20. The van der Waals surface area contributed by atoms with Gasteiger partial charge in [0.05, 0.1) is 0 Å². The van der Waals surface area contributed by atoms with E-state index >= 15 is 0 Å². The molecular formula is C10H19N3OS. The first-order valence-electron chi connectivity index (χ1n) is 5.72. The van der Waals surface area contributed by atoms with Crippen molar-refractivity contribution >= 4 is 10.8 Å². The molecule has 1 rings (SSSR count). The van der Waals surface area contributed by atoms with Crippen LogP contribution in [0.25, 0.3) is 10.4 Å². The van der Waals surface area contributed by atoms with Crippen LogP contribution in [0.5, 0.6) is 0 Å². The molecule has 0 aliphatic heterocycles. The summed E-state index contributed by atoms with van der Waals surface area (Å²) in [5.41, 5.74) is 8.08. The van der Waals surface area contributed by atoms with Gasteiger partial charge in [0.1, 0.15) is 0 Å². The van der Waals surface area contributed by atoms with Gasteiger partial charge in [-0.15, -0.1) is 0 Å². The molecule has 1 aliphatic rings. The van der Waals surface area contributed by atoms with E-state index in [-0.39, 0.29) is 0 Å². The largest absolute Gasteiger partial charge is 0.259 e. The van der Waals surface area contributed by atoms with E-state index in [0.717, 1.165) is 31.4 Å². The Kier molecular flexibility index (Phi) is 6.44. The monoisotopic (exact) mass is 229 g/mol. The van der Waals surface area contributed by atoms with Gasteiger partial charge < -0.3 is 0 Å².